The number of fused-ring (bicyclic) bond motifs is 2. The molecule has 30 heavy (non-hydrogen) atoms. The Balaban J connectivity index is 1.30. The van der Waals surface area contributed by atoms with E-state index in [2.05, 4.69) is 10.3 Å². The molecular formula is C22H22ClN3O3S. The summed E-state index contributed by atoms with van der Waals surface area (Å²) in [4.78, 5) is 23.9. The summed E-state index contributed by atoms with van der Waals surface area (Å²) < 4.78 is 11.2. The first-order chi connectivity index (χ1) is 14.5. The molecule has 2 aliphatic rings. The van der Waals surface area contributed by atoms with Crippen molar-refractivity contribution in [3.05, 3.63) is 44.7 Å². The first-order valence-electron chi connectivity index (χ1n) is 10.1. The van der Waals surface area contributed by atoms with Crippen molar-refractivity contribution in [3.8, 4) is 11.5 Å². The molecule has 0 atom stereocenters. The Morgan fingerprint density at radius 1 is 1.23 bits per heavy atom. The van der Waals surface area contributed by atoms with Crippen LogP contribution in [0.3, 0.4) is 0 Å². The van der Waals surface area contributed by atoms with Gasteiger partial charge in [-0.2, -0.15) is 0 Å². The van der Waals surface area contributed by atoms with E-state index < -0.39 is 0 Å². The topological polar surface area (TPSA) is 73.3 Å². The maximum absolute atomic E-state index is 12.8. The van der Waals surface area contributed by atoms with E-state index in [9.17, 15) is 4.79 Å². The zero-order chi connectivity index (χ0) is 20.8. The van der Waals surface area contributed by atoms with Gasteiger partial charge in [-0.05, 0) is 56.4 Å². The lowest BCUT2D eigenvalue weighted by molar-refractivity contribution is 0.0957. The molecule has 6 nitrogen and oxygen atoms in total. The van der Waals surface area contributed by atoms with E-state index in [4.69, 9.17) is 26.1 Å². The Morgan fingerprint density at radius 3 is 2.83 bits per heavy atom. The Kier molecular flexibility index (Phi) is 5.03. The van der Waals surface area contributed by atoms with Gasteiger partial charge in [-0.15, -0.1) is 11.3 Å². The predicted octanol–water partition coefficient (Wildman–Crippen LogP) is 4.58. The zero-order valence-electron chi connectivity index (χ0n) is 16.9. The molecule has 2 aromatic heterocycles. The minimum Gasteiger partial charge on any atom is -0.486 e. The Morgan fingerprint density at radius 2 is 2.03 bits per heavy atom. The molecule has 1 aliphatic heterocycles. The highest BCUT2D eigenvalue weighted by molar-refractivity contribution is 7.20. The molecule has 156 valence electrons. The van der Waals surface area contributed by atoms with Gasteiger partial charge >= 0.3 is 0 Å². The van der Waals surface area contributed by atoms with Gasteiger partial charge in [0.2, 0.25) is 0 Å². The lowest BCUT2D eigenvalue weighted by atomic mass is 10.1. The monoisotopic (exact) mass is 443 g/mol. The highest BCUT2D eigenvalue weighted by Gasteiger charge is 2.28. The number of amides is 1. The van der Waals surface area contributed by atoms with Gasteiger partial charge in [-0.1, -0.05) is 11.6 Å². The summed E-state index contributed by atoms with van der Waals surface area (Å²) in [6.45, 7) is 5.49. The van der Waals surface area contributed by atoms with E-state index >= 15 is 0 Å². The number of carbonyl (C=O) groups excluding carboxylic acids is 1. The molecule has 0 bridgehead atoms. The molecule has 0 radical (unpaired) electrons. The smallest absolute Gasteiger partial charge is 0.261 e. The zero-order valence-corrected chi connectivity index (χ0v) is 18.5. The fourth-order valence-corrected chi connectivity index (χ4v) is 5.25. The summed E-state index contributed by atoms with van der Waals surface area (Å²) in [6.07, 6.45) is 2.97. The third kappa shape index (κ3) is 3.61. The fourth-order valence-electron chi connectivity index (χ4n) is 3.81. The molecule has 1 aromatic carbocycles. The van der Waals surface area contributed by atoms with Crippen molar-refractivity contribution >= 4 is 39.1 Å². The minimum absolute atomic E-state index is 0.0773. The van der Waals surface area contributed by atoms with Crippen molar-refractivity contribution in [2.75, 3.05) is 19.8 Å². The number of aromatic nitrogens is 2. The molecule has 0 saturated heterocycles. The summed E-state index contributed by atoms with van der Waals surface area (Å²) in [5, 5.41) is 4.57. The third-order valence-corrected chi connectivity index (χ3v) is 6.96. The summed E-state index contributed by atoms with van der Waals surface area (Å²) in [7, 11) is 0. The molecule has 0 spiro atoms. The number of benzene rings is 1. The standard InChI is InChI=1S/C22H22ClN3O3S/c1-11-17-12(2)25-20(14-3-4-14)26-22(17)30-19(11)21(27)24-6-5-13-9-15(23)18-16(10-13)28-7-8-29-18/h9-10,14H,3-8H2,1-2H3,(H,24,27). The molecule has 1 N–H and O–H groups in total. The minimum atomic E-state index is -0.0773. The predicted molar refractivity (Wildman–Crippen MR) is 117 cm³/mol. The van der Waals surface area contributed by atoms with Crippen molar-refractivity contribution in [1.29, 1.82) is 0 Å². The maximum atomic E-state index is 12.8. The van der Waals surface area contributed by atoms with E-state index in [0.29, 0.717) is 53.5 Å². The number of hydrogen-bond acceptors (Lipinski definition) is 6. The van der Waals surface area contributed by atoms with E-state index in [-0.39, 0.29) is 5.91 Å². The SMILES string of the molecule is Cc1nc(C2CC2)nc2sc(C(=O)NCCc3cc(Cl)c4c(c3)OCCO4)c(C)c12. The normalized spacial score (nSPS) is 15.4. The van der Waals surface area contributed by atoms with Crippen LogP contribution in [0.25, 0.3) is 10.2 Å². The quantitative estimate of drug-likeness (QED) is 0.624. The highest BCUT2D eigenvalue weighted by atomic mass is 35.5. The van der Waals surface area contributed by atoms with Crippen molar-refractivity contribution in [2.24, 2.45) is 0 Å². The number of carbonyl (C=O) groups is 1. The fraction of sp³-hybridized carbons (Fsp3) is 0.409. The van der Waals surface area contributed by atoms with Gasteiger partial charge in [0.1, 0.15) is 23.9 Å². The van der Waals surface area contributed by atoms with Crippen molar-refractivity contribution < 1.29 is 14.3 Å². The third-order valence-electron chi connectivity index (χ3n) is 5.49. The molecule has 1 fully saturated rings. The first-order valence-corrected chi connectivity index (χ1v) is 11.3. The van der Waals surface area contributed by atoms with Gasteiger partial charge in [0.15, 0.2) is 11.5 Å². The number of nitrogens with one attached hydrogen (secondary N) is 1. The van der Waals surface area contributed by atoms with Gasteiger partial charge in [0.05, 0.1) is 15.6 Å². The highest BCUT2D eigenvalue weighted by Crippen LogP contribution is 2.41. The van der Waals surface area contributed by atoms with E-state index in [0.717, 1.165) is 45.7 Å². The van der Waals surface area contributed by atoms with Crippen LogP contribution >= 0.6 is 22.9 Å². The number of nitrogens with zero attached hydrogens (tertiary/aromatic N) is 2. The van der Waals surface area contributed by atoms with Gasteiger partial charge < -0.3 is 14.8 Å². The molecule has 1 amide bonds. The summed E-state index contributed by atoms with van der Waals surface area (Å²) >= 11 is 7.75. The molecule has 8 heteroatoms. The number of thiophene rings is 1. The van der Waals surface area contributed by atoms with Crippen LogP contribution in [0.4, 0.5) is 0 Å². The van der Waals surface area contributed by atoms with Gasteiger partial charge in [0, 0.05) is 17.8 Å². The van der Waals surface area contributed by atoms with Crippen LogP contribution in [-0.2, 0) is 6.42 Å². The molecule has 3 heterocycles. The molecule has 5 rings (SSSR count). The van der Waals surface area contributed by atoms with E-state index in [1.807, 2.05) is 26.0 Å². The number of ether oxygens (including phenoxy) is 2. The van der Waals surface area contributed by atoms with Crippen LogP contribution in [0.1, 0.15) is 51.1 Å². The van der Waals surface area contributed by atoms with Crippen molar-refractivity contribution in [1.82, 2.24) is 15.3 Å². The Bertz CT molecular complexity index is 1160. The summed E-state index contributed by atoms with van der Waals surface area (Å²) in [5.74, 6) is 2.59. The Labute approximate surface area is 183 Å². The number of aryl methyl sites for hydroxylation is 2. The molecular weight excluding hydrogens is 422 g/mol. The van der Waals surface area contributed by atoms with Crippen LogP contribution in [-0.4, -0.2) is 35.6 Å². The summed E-state index contributed by atoms with van der Waals surface area (Å²) in [5.41, 5.74) is 2.91. The largest absolute Gasteiger partial charge is 0.486 e. The summed E-state index contributed by atoms with van der Waals surface area (Å²) in [6, 6.07) is 3.79. The van der Waals surface area contributed by atoms with Gasteiger partial charge in [0.25, 0.3) is 5.91 Å². The second-order valence-corrected chi connectivity index (χ2v) is 9.19. The van der Waals surface area contributed by atoms with Crippen LogP contribution in [0.15, 0.2) is 12.1 Å². The second kappa shape index (κ2) is 7.71. The first kappa shape index (κ1) is 19.6. The molecule has 1 aliphatic carbocycles. The van der Waals surface area contributed by atoms with Crippen LogP contribution in [0, 0.1) is 13.8 Å². The average Bonchev–Trinajstić information content (AvgIpc) is 3.51. The van der Waals surface area contributed by atoms with Crippen molar-refractivity contribution in [2.45, 2.75) is 39.0 Å². The van der Waals surface area contributed by atoms with Gasteiger partial charge in [-0.25, -0.2) is 9.97 Å². The van der Waals surface area contributed by atoms with Crippen LogP contribution in [0.5, 0.6) is 11.5 Å². The van der Waals surface area contributed by atoms with E-state index in [1.54, 1.807) is 0 Å². The number of hydrogen-bond donors (Lipinski definition) is 1. The molecule has 0 unspecified atom stereocenters. The number of halogens is 1. The second-order valence-electron chi connectivity index (χ2n) is 7.79. The molecule has 3 aromatic rings. The molecule has 1 saturated carbocycles. The van der Waals surface area contributed by atoms with Crippen LogP contribution in [0.2, 0.25) is 5.02 Å². The number of rotatable bonds is 5. The maximum Gasteiger partial charge on any atom is 0.261 e. The lowest BCUT2D eigenvalue weighted by Gasteiger charge is -2.20. The van der Waals surface area contributed by atoms with Crippen molar-refractivity contribution in [3.63, 3.8) is 0 Å². The van der Waals surface area contributed by atoms with Crippen LogP contribution < -0.4 is 14.8 Å². The lowest BCUT2D eigenvalue weighted by Crippen LogP contribution is -2.25. The van der Waals surface area contributed by atoms with Gasteiger partial charge in [-0.3, -0.25) is 4.79 Å². The average molecular weight is 444 g/mol. The Hall–Kier alpha value is -2.38. The van der Waals surface area contributed by atoms with E-state index in [1.165, 1.54) is 11.3 Å².